The van der Waals surface area contributed by atoms with Crippen molar-refractivity contribution in [1.82, 2.24) is 9.21 Å². The maximum atomic E-state index is 13.2. The summed E-state index contributed by atoms with van der Waals surface area (Å²) in [6, 6.07) is 12.2. The van der Waals surface area contributed by atoms with E-state index in [1.54, 1.807) is 17.9 Å². The van der Waals surface area contributed by atoms with Crippen molar-refractivity contribution >= 4 is 45.2 Å². The highest BCUT2D eigenvalue weighted by Gasteiger charge is 2.33. The molecule has 1 saturated heterocycles. The van der Waals surface area contributed by atoms with Crippen LogP contribution in [0.4, 0.5) is 5.69 Å². The highest BCUT2D eigenvalue weighted by atomic mass is 35.5. The Balaban J connectivity index is 1.45. The monoisotopic (exact) mass is 475 g/mol. The van der Waals surface area contributed by atoms with Gasteiger partial charge in [0.2, 0.25) is 15.9 Å². The number of benzene rings is 2. The molecule has 1 fully saturated rings. The van der Waals surface area contributed by atoms with Crippen LogP contribution in [0.25, 0.3) is 6.08 Å². The third-order valence-electron chi connectivity index (χ3n) is 5.35. The Morgan fingerprint density at radius 2 is 1.84 bits per heavy atom. The molecule has 32 heavy (non-hydrogen) atoms. The number of halogens is 1. The van der Waals surface area contributed by atoms with Crippen molar-refractivity contribution in [1.29, 1.82) is 0 Å². The number of nitrogens with one attached hydrogen (secondary N) is 1. The van der Waals surface area contributed by atoms with Gasteiger partial charge < -0.3 is 15.0 Å². The van der Waals surface area contributed by atoms with Gasteiger partial charge in [-0.2, -0.15) is 4.31 Å². The highest BCUT2D eigenvalue weighted by molar-refractivity contribution is 7.89. The minimum atomic E-state index is -3.91. The Hall–Kier alpha value is -2.88. The van der Waals surface area contributed by atoms with Crippen molar-refractivity contribution in [2.45, 2.75) is 17.9 Å². The van der Waals surface area contributed by atoms with Gasteiger partial charge in [0.15, 0.2) is 6.10 Å². The zero-order valence-electron chi connectivity index (χ0n) is 17.3. The van der Waals surface area contributed by atoms with Crippen LogP contribution in [0, 0.1) is 0 Å². The maximum absolute atomic E-state index is 13.2. The van der Waals surface area contributed by atoms with Crippen LogP contribution in [-0.4, -0.2) is 61.7 Å². The topological polar surface area (TPSA) is 96.0 Å². The molecule has 2 aromatic carbocycles. The van der Waals surface area contributed by atoms with Gasteiger partial charge in [0.05, 0.1) is 10.7 Å². The predicted molar refractivity (Wildman–Crippen MR) is 121 cm³/mol. The van der Waals surface area contributed by atoms with E-state index in [2.05, 4.69) is 5.32 Å². The highest BCUT2D eigenvalue weighted by Crippen LogP contribution is 2.38. The quantitative estimate of drug-likeness (QED) is 0.686. The number of carbonyl (C=O) groups excluding carboxylic acids is 2. The van der Waals surface area contributed by atoms with Crippen LogP contribution < -0.4 is 10.1 Å². The van der Waals surface area contributed by atoms with Crippen molar-refractivity contribution in [3.05, 3.63) is 59.1 Å². The van der Waals surface area contributed by atoms with Crippen molar-refractivity contribution in [2.24, 2.45) is 0 Å². The molecule has 4 rings (SSSR count). The van der Waals surface area contributed by atoms with E-state index < -0.39 is 16.1 Å². The number of hydrogen-bond donors (Lipinski definition) is 1. The predicted octanol–water partition coefficient (Wildman–Crippen LogP) is 2.61. The molecular weight excluding hydrogens is 454 g/mol. The van der Waals surface area contributed by atoms with Gasteiger partial charge in [0, 0.05) is 38.3 Å². The van der Waals surface area contributed by atoms with Crippen LogP contribution >= 0.6 is 11.6 Å². The Kier molecular flexibility index (Phi) is 6.23. The fourth-order valence-corrected chi connectivity index (χ4v) is 5.47. The largest absolute Gasteiger partial charge is 0.479 e. The number of anilines is 1. The molecule has 1 atom stereocenters. The lowest BCUT2D eigenvalue weighted by Gasteiger charge is -2.34. The van der Waals surface area contributed by atoms with Crippen molar-refractivity contribution < 1.29 is 22.7 Å². The van der Waals surface area contributed by atoms with E-state index in [4.69, 9.17) is 16.3 Å². The minimum Gasteiger partial charge on any atom is -0.479 e. The molecule has 1 N–H and O–H groups in total. The standard InChI is InChI=1S/C22H22ClN3O5S/c1-15-22(28)24-18-13-17(23)20(14-19(18)31-15)32(29,30)26-11-9-25(10-12-26)21(27)8-7-16-5-3-2-4-6-16/h2-8,13-15H,9-12H2,1H3,(H,24,28). The first-order valence-corrected chi connectivity index (χ1v) is 11.9. The number of carbonyl (C=O) groups is 2. The van der Waals surface area contributed by atoms with Crippen molar-refractivity contribution in [2.75, 3.05) is 31.5 Å². The van der Waals surface area contributed by atoms with Gasteiger partial charge in [0.1, 0.15) is 10.6 Å². The van der Waals surface area contributed by atoms with Gasteiger partial charge in [-0.15, -0.1) is 0 Å². The molecule has 1 unspecified atom stereocenters. The van der Waals surface area contributed by atoms with Gasteiger partial charge in [-0.1, -0.05) is 41.9 Å². The summed E-state index contributed by atoms with van der Waals surface area (Å²) < 4.78 is 33.2. The molecule has 2 aliphatic heterocycles. The molecule has 10 heteroatoms. The molecule has 0 spiro atoms. The lowest BCUT2D eigenvalue weighted by Crippen LogP contribution is -2.50. The van der Waals surface area contributed by atoms with Crippen LogP contribution in [0.1, 0.15) is 12.5 Å². The zero-order valence-corrected chi connectivity index (χ0v) is 18.9. The smallest absolute Gasteiger partial charge is 0.265 e. The van der Waals surface area contributed by atoms with E-state index in [-0.39, 0.29) is 53.7 Å². The van der Waals surface area contributed by atoms with Gasteiger partial charge in [-0.25, -0.2) is 8.42 Å². The second-order valence-electron chi connectivity index (χ2n) is 7.50. The lowest BCUT2D eigenvalue weighted by molar-refractivity contribution is -0.127. The number of sulfonamides is 1. The molecule has 2 amide bonds. The summed E-state index contributed by atoms with van der Waals surface area (Å²) in [5.41, 5.74) is 1.24. The van der Waals surface area contributed by atoms with Crippen LogP contribution in [0.2, 0.25) is 5.02 Å². The molecule has 2 aliphatic rings. The number of hydrogen-bond acceptors (Lipinski definition) is 5. The molecule has 0 aromatic heterocycles. The van der Waals surface area contributed by atoms with Crippen LogP contribution in [0.15, 0.2) is 53.4 Å². The first-order chi connectivity index (χ1) is 15.3. The van der Waals surface area contributed by atoms with E-state index in [0.717, 1.165) is 5.56 Å². The van der Waals surface area contributed by atoms with Crippen molar-refractivity contribution in [3.63, 3.8) is 0 Å². The lowest BCUT2D eigenvalue weighted by atomic mass is 10.2. The van der Waals surface area contributed by atoms with E-state index in [0.29, 0.717) is 5.69 Å². The second kappa shape index (κ2) is 8.93. The zero-order chi connectivity index (χ0) is 22.9. The number of piperazine rings is 1. The fourth-order valence-electron chi connectivity index (χ4n) is 3.53. The number of rotatable bonds is 4. The molecule has 2 heterocycles. The van der Waals surface area contributed by atoms with Crippen LogP contribution in [0.3, 0.4) is 0 Å². The maximum Gasteiger partial charge on any atom is 0.265 e. The third-order valence-corrected chi connectivity index (χ3v) is 7.71. The molecule has 0 bridgehead atoms. The van der Waals surface area contributed by atoms with Gasteiger partial charge in [-0.05, 0) is 24.6 Å². The molecular formula is C22H22ClN3O5S. The normalized spacial score (nSPS) is 19.4. The van der Waals surface area contributed by atoms with Gasteiger partial charge in [0.25, 0.3) is 5.91 Å². The van der Waals surface area contributed by atoms with Crippen LogP contribution in [0.5, 0.6) is 5.75 Å². The molecule has 0 aliphatic carbocycles. The Morgan fingerprint density at radius 1 is 1.16 bits per heavy atom. The van der Waals surface area contributed by atoms with E-state index in [1.165, 1.54) is 22.5 Å². The van der Waals surface area contributed by atoms with Crippen LogP contribution in [-0.2, 0) is 19.6 Å². The van der Waals surface area contributed by atoms with E-state index >= 15 is 0 Å². The third kappa shape index (κ3) is 4.50. The summed E-state index contributed by atoms with van der Waals surface area (Å²) in [6.07, 6.45) is 2.49. The molecule has 0 saturated carbocycles. The van der Waals surface area contributed by atoms with Crippen molar-refractivity contribution in [3.8, 4) is 5.75 Å². The summed E-state index contributed by atoms with van der Waals surface area (Å²) >= 11 is 6.24. The average molecular weight is 476 g/mol. The number of fused-ring (bicyclic) bond motifs is 1. The second-order valence-corrected chi connectivity index (χ2v) is 9.82. The van der Waals surface area contributed by atoms with Gasteiger partial charge >= 0.3 is 0 Å². The van der Waals surface area contributed by atoms with E-state index in [1.807, 2.05) is 30.3 Å². The summed E-state index contributed by atoms with van der Waals surface area (Å²) in [5, 5.41) is 2.64. The number of amides is 2. The summed E-state index contributed by atoms with van der Waals surface area (Å²) in [7, 11) is -3.91. The minimum absolute atomic E-state index is 0.00787. The summed E-state index contributed by atoms with van der Waals surface area (Å²) in [4.78, 5) is 25.8. The Morgan fingerprint density at radius 3 is 2.53 bits per heavy atom. The average Bonchev–Trinajstić information content (AvgIpc) is 2.79. The first kappa shape index (κ1) is 22.3. The fraction of sp³-hybridized carbons (Fsp3) is 0.273. The molecule has 168 valence electrons. The molecule has 8 nitrogen and oxygen atoms in total. The number of nitrogens with zero attached hydrogens (tertiary/aromatic N) is 2. The Bertz CT molecular complexity index is 1180. The Labute approximate surface area is 191 Å². The van der Waals surface area contributed by atoms with E-state index in [9.17, 15) is 18.0 Å². The molecule has 0 radical (unpaired) electrons. The van der Waals surface area contributed by atoms with Gasteiger partial charge in [-0.3, -0.25) is 9.59 Å². The summed E-state index contributed by atoms with van der Waals surface area (Å²) in [6.45, 7) is 2.40. The SMILES string of the molecule is CC1Oc2cc(S(=O)(=O)N3CCN(C(=O)C=Cc4ccccc4)CC3)c(Cl)cc2NC1=O. The summed E-state index contributed by atoms with van der Waals surface area (Å²) in [5.74, 6) is -0.248. The first-order valence-electron chi connectivity index (χ1n) is 10.1. The number of ether oxygens (including phenoxy) is 1. The molecule has 2 aromatic rings.